The molecule has 5 nitrogen and oxygen atoms in total. The number of likely N-dealkylation sites (N-methyl/N-ethyl adjacent to an activating group) is 1. The SMILES string of the molecule is CCN1CCCC1(CCNC(C)=O)C1(c2ccccc2)C(=O)Oc2ccc(Cl)cc21.Cl. The van der Waals surface area contributed by atoms with Gasteiger partial charge in [-0.3, -0.25) is 14.5 Å². The summed E-state index contributed by atoms with van der Waals surface area (Å²) in [5.41, 5.74) is 0.173. The van der Waals surface area contributed by atoms with Gasteiger partial charge < -0.3 is 10.1 Å². The Balaban J connectivity index is 0.00000272. The number of ether oxygens (including phenoxy) is 1. The normalized spacial score (nSPS) is 24.9. The minimum absolute atomic E-state index is 0. The van der Waals surface area contributed by atoms with Crippen molar-refractivity contribution in [3.8, 4) is 5.75 Å². The van der Waals surface area contributed by atoms with Gasteiger partial charge in [0.2, 0.25) is 5.91 Å². The Hall–Kier alpha value is -2.08. The third-order valence-corrected chi connectivity index (χ3v) is 6.91. The number of nitrogens with zero attached hydrogens (tertiary/aromatic N) is 1. The molecule has 2 aliphatic rings. The molecule has 2 aromatic rings. The number of carbonyl (C=O) groups is 2. The van der Waals surface area contributed by atoms with E-state index >= 15 is 0 Å². The van der Waals surface area contributed by atoms with E-state index in [4.69, 9.17) is 16.3 Å². The molecule has 31 heavy (non-hydrogen) atoms. The Morgan fingerprint density at radius 2 is 1.97 bits per heavy atom. The van der Waals surface area contributed by atoms with E-state index in [0.717, 1.165) is 37.1 Å². The van der Waals surface area contributed by atoms with Crippen molar-refractivity contribution in [3.63, 3.8) is 0 Å². The third-order valence-electron chi connectivity index (χ3n) is 6.68. The number of halogens is 2. The average Bonchev–Trinajstić information content (AvgIpc) is 3.27. The van der Waals surface area contributed by atoms with Crippen LogP contribution in [0.3, 0.4) is 0 Å². The van der Waals surface area contributed by atoms with E-state index in [1.54, 1.807) is 12.1 Å². The van der Waals surface area contributed by atoms with Gasteiger partial charge in [-0.25, -0.2) is 0 Å². The van der Waals surface area contributed by atoms with Crippen molar-refractivity contribution in [2.24, 2.45) is 0 Å². The van der Waals surface area contributed by atoms with Crippen molar-refractivity contribution < 1.29 is 14.3 Å². The molecule has 1 amide bonds. The molecule has 1 fully saturated rings. The predicted molar refractivity (Wildman–Crippen MR) is 124 cm³/mol. The monoisotopic (exact) mass is 462 g/mol. The molecule has 2 aliphatic heterocycles. The molecule has 0 aliphatic carbocycles. The number of carbonyl (C=O) groups excluding carboxylic acids is 2. The Morgan fingerprint density at radius 3 is 2.65 bits per heavy atom. The maximum Gasteiger partial charge on any atom is 0.328 e. The van der Waals surface area contributed by atoms with Crippen LogP contribution < -0.4 is 10.1 Å². The first-order valence-corrected chi connectivity index (χ1v) is 10.9. The molecule has 0 spiro atoms. The number of nitrogens with one attached hydrogen (secondary N) is 1. The summed E-state index contributed by atoms with van der Waals surface area (Å²) in [7, 11) is 0. The molecular weight excluding hydrogens is 435 g/mol. The lowest BCUT2D eigenvalue weighted by Gasteiger charge is -2.50. The summed E-state index contributed by atoms with van der Waals surface area (Å²) >= 11 is 6.42. The highest BCUT2D eigenvalue weighted by molar-refractivity contribution is 6.30. The van der Waals surface area contributed by atoms with Crippen molar-refractivity contribution in [1.29, 1.82) is 0 Å². The minimum Gasteiger partial charge on any atom is -0.425 e. The molecular formula is C24H28Cl2N2O3. The van der Waals surface area contributed by atoms with E-state index in [1.807, 2.05) is 36.4 Å². The quantitative estimate of drug-likeness (QED) is 0.511. The first kappa shape index (κ1) is 23.6. The number of hydrogen-bond acceptors (Lipinski definition) is 4. The van der Waals surface area contributed by atoms with Crippen LogP contribution in [0.2, 0.25) is 5.02 Å². The Bertz CT molecular complexity index is 969. The first-order valence-electron chi connectivity index (χ1n) is 10.5. The van der Waals surface area contributed by atoms with Gasteiger partial charge in [0.25, 0.3) is 0 Å². The second kappa shape index (κ2) is 9.19. The van der Waals surface area contributed by atoms with Crippen LogP contribution in [0.15, 0.2) is 48.5 Å². The van der Waals surface area contributed by atoms with Gasteiger partial charge in [0, 0.05) is 29.6 Å². The van der Waals surface area contributed by atoms with Crippen LogP contribution in [0.25, 0.3) is 0 Å². The molecule has 0 radical (unpaired) electrons. The van der Waals surface area contributed by atoms with Gasteiger partial charge >= 0.3 is 5.97 Å². The number of esters is 1. The lowest BCUT2D eigenvalue weighted by atomic mass is 9.59. The van der Waals surface area contributed by atoms with Gasteiger partial charge in [-0.1, -0.05) is 48.9 Å². The number of likely N-dealkylation sites (tertiary alicyclic amines) is 1. The molecule has 0 aromatic heterocycles. The Morgan fingerprint density at radius 1 is 1.23 bits per heavy atom. The van der Waals surface area contributed by atoms with Gasteiger partial charge in [0.05, 0.1) is 0 Å². The van der Waals surface area contributed by atoms with Crippen LogP contribution >= 0.6 is 24.0 Å². The van der Waals surface area contributed by atoms with E-state index in [1.165, 1.54) is 6.92 Å². The fourth-order valence-corrected chi connectivity index (χ4v) is 5.75. The van der Waals surface area contributed by atoms with Crippen LogP contribution in [0.4, 0.5) is 0 Å². The zero-order valence-electron chi connectivity index (χ0n) is 17.8. The van der Waals surface area contributed by atoms with Gasteiger partial charge in [-0.05, 0) is 56.1 Å². The number of rotatable bonds is 6. The fraction of sp³-hybridized carbons (Fsp3) is 0.417. The fourth-order valence-electron chi connectivity index (χ4n) is 5.58. The largest absolute Gasteiger partial charge is 0.425 e. The van der Waals surface area contributed by atoms with Crippen LogP contribution in [0.5, 0.6) is 5.75 Å². The molecule has 0 saturated carbocycles. The summed E-state index contributed by atoms with van der Waals surface area (Å²) in [6.07, 6.45) is 2.44. The van der Waals surface area contributed by atoms with Gasteiger partial charge in [0.15, 0.2) is 0 Å². The summed E-state index contributed by atoms with van der Waals surface area (Å²) in [4.78, 5) is 27.8. The van der Waals surface area contributed by atoms with E-state index in [2.05, 4.69) is 17.1 Å². The zero-order chi connectivity index (χ0) is 21.4. The summed E-state index contributed by atoms with van der Waals surface area (Å²) in [6.45, 7) is 5.83. The second-order valence-electron chi connectivity index (χ2n) is 8.09. The van der Waals surface area contributed by atoms with Crippen molar-refractivity contribution in [3.05, 3.63) is 64.7 Å². The summed E-state index contributed by atoms with van der Waals surface area (Å²) in [5.74, 6) is 0.224. The van der Waals surface area contributed by atoms with Gasteiger partial charge in [0.1, 0.15) is 11.2 Å². The Labute approximate surface area is 194 Å². The summed E-state index contributed by atoms with van der Waals surface area (Å²) < 4.78 is 5.88. The highest BCUT2D eigenvalue weighted by atomic mass is 35.5. The number of hydrogen-bond donors (Lipinski definition) is 1. The van der Waals surface area contributed by atoms with Crippen LogP contribution in [-0.2, 0) is 15.0 Å². The molecule has 1 N–H and O–H groups in total. The number of fused-ring (bicyclic) bond motifs is 1. The van der Waals surface area contributed by atoms with Crippen LogP contribution in [0.1, 0.15) is 44.2 Å². The van der Waals surface area contributed by atoms with Gasteiger partial charge in [-0.2, -0.15) is 0 Å². The molecule has 1 saturated heterocycles. The molecule has 2 atom stereocenters. The van der Waals surface area contributed by atoms with Gasteiger partial charge in [-0.15, -0.1) is 12.4 Å². The topological polar surface area (TPSA) is 58.6 Å². The summed E-state index contributed by atoms with van der Waals surface area (Å²) in [5, 5.41) is 3.51. The standard InChI is InChI=1S/C24H27ClN2O3.ClH/c1-3-27-15-7-12-23(27,13-14-26-17(2)28)24(18-8-5-4-6-9-18)20-16-19(25)10-11-21(20)30-22(24)29;/h4-6,8-11,16H,3,7,12-15H2,1-2H3,(H,26,28);1H. The van der Waals surface area contributed by atoms with Crippen molar-refractivity contribution in [1.82, 2.24) is 10.2 Å². The lowest BCUT2D eigenvalue weighted by molar-refractivity contribution is -0.142. The van der Waals surface area contributed by atoms with E-state index in [-0.39, 0.29) is 24.3 Å². The van der Waals surface area contributed by atoms with E-state index < -0.39 is 11.0 Å². The maximum atomic E-state index is 13.8. The maximum absolute atomic E-state index is 13.8. The molecule has 2 heterocycles. The molecule has 2 unspecified atom stereocenters. The second-order valence-corrected chi connectivity index (χ2v) is 8.53. The third kappa shape index (κ3) is 3.63. The van der Waals surface area contributed by atoms with Crippen molar-refractivity contribution in [2.45, 2.75) is 44.1 Å². The highest BCUT2D eigenvalue weighted by Gasteiger charge is 2.66. The predicted octanol–water partition coefficient (Wildman–Crippen LogP) is 4.35. The van der Waals surface area contributed by atoms with Crippen LogP contribution in [0, 0.1) is 0 Å². The van der Waals surface area contributed by atoms with Crippen molar-refractivity contribution in [2.75, 3.05) is 19.6 Å². The summed E-state index contributed by atoms with van der Waals surface area (Å²) in [6, 6.07) is 15.3. The van der Waals surface area contributed by atoms with Crippen molar-refractivity contribution >= 4 is 35.9 Å². The minimum atomic E-state index is -1.01. The zero-order valence-corrected chi connectivity index (χ0v) is 19.4. The van der Waals surface area contributed by atoms with E-state index in [0.29, 0.717) is 23.7 Å². The number of amides is 1. The molecule has 0 bridgehead atoms. The average molecular weight is 463 g/mol. The molecule has 7 heteroatoms. The molecule has 4 rings (SSSR count). The smallest absolute Gasteiger partial charge is 0.328 e. The Kier molecular flexibility index (Phi) is 6.99. The molecule has 2 aromatic carbocycles. The molecule has 166 valence electrons. The first-order chi connectivity index (χ1) is 14.5. The number of benzene rings is 2. The van der Waals surface area contributed by atoms with E-state index in [9.17, 15) is 9.59 Å². The lowest BCUT2D eigenvalue weighted by Crippen LogP contribution is -2.63. The highest BCUT2D eigenvalue weighted by Crippen LogP contribution is 2.57. The van der Waals surface area contributed by atoms with Crippen LogP contribution in [-0.4, -0.2) is 41.9 Å².